The quantitative estimate of drug-likeness (QED) is 0.596. The second kappa shape index (κ2) is 7.79. The summed E-state index contributed by atoms with van der Waals surface area (Å²) in [4.78, 5) is 16.6. The van der Waals surface area contributed by atoms with E-state index in [1.807, 2.05) is 27.8 Å². The van der Waals surface area contributed by atoms with E-state index in [1.54, 1.807) is 4.68 Å². The first-order valence-corrected chi connectivity index (χ1v) is 10.4. The molecule has 3 aromatic heterocycles. The number of alkyl halides is 3. The van der Waals surface area contributed by atoms with Gasteiger partial charge in [-0.05, 0) is 40.5 Å². The number of hydrogen-bond donors (Lipinski definition) is 2. The number of carbonyl (C=O) groups is 1. The van der Waals surface area contributed by atoms with Crippen molar-refractivity contribution < 1.29 is 22.7 Å². The smallest absolute Gasteiger partial charge is 0.417 e. The molecule has 3 heterocycles. The Labute approximate surface area is 182 Å². The molecule has 0 aromatic carbocycles. The summed E-state index contributed by atoms with van der Waals surface area (Å²) in [6.07, 6.45) is -2.99. The number of amides is 1. The summed E-state index contributed by atoms with van der Waals surface area (Å²) in [7, 11) is 1.82. The normalized spacial score (nSPS) is 15.2. The maximum absolute atomic E-state index is 13.9. The molecule has 1 saturated carbocycles. The molecule has 32 heavy (non-hydrogen) atoms. The number of halogens is 3. The van der Waals surface area contributed by atoms with Crippen molar-refractivity contribution in [2.75, 3.05) is 6.61 Å². The van der Waals surface area contributed by atoms with E-state index in [2.05, 4.69) is 25.6 Å². The molecule has 1 aliphatic carbocycles. The van der Waals surface area contributed by atoms with Crippen LogP contribution in [0.5, 0.6) is 5.88 Å². The van der Waals surface area contributed by atoms with Crippen LogP contribution < -0.4 is 10.1 Å². The van der Waals surface area contributed by atoms with E-state index in [0.29, 0.717) is 5.69 Å². The van der Waals surface area contributed by atoms with Gasteiger partial charge in [-0.1, -0.05) is 0 Å². The minimum Gasteiger partial charge on any atom is -0.467 e. The van der Waals surface area contributed by atoms with Gasteiger partial charge in [0.05, 0.1) is 28.4 Å². The predicted molar refractivity (Wildman–Crippen MR) is 110 cm³/mol. The number of carbonyl (C=O) groups excluding carboxylic acids is 1. The van der Waals surface area contributed by atoms with E-state index >= 15 is 0 Å². The number of aromatic amines is 1. The van der Waals surface area contributed by atoms with Crippen LogP contribution in [0, 0.1) is 20.8 Å². The predicted octanol–water partition coefficient (Wildman–Crippen LogP) is 3.77. The average molecular weight is 450 g/mol. The van der Waals surface area contributed by atoms with Crippen molar-refractivity contribution in [1.82, 2.24) is 30.3 Å². The molecule has 0 bridgehead atoms. The van der Waals surface area contributed by atoms with Gasteiger partial charge < -0.3 is 10.1 Å². The summed E-state index contributed by atoms with van der Waals surface area (Å²) in [5.74, 6) is -0.699. The summed E-state index contributed by atoms with van der Waals surface area (Å²) in [6, 6.07) is -0.337. The van der Waals surface area contributed by atoms with Crippen LogP contribution in [-0.2, 0) is 18.0 Å². The molecule has 0 saturated heterocycles. The zero-order valence-corrected chi connectivity index (χ0v) is 18.5. The van der Waals surface area contributed by atoms with Gasteiger partial charge >= 0.3 is 6.18 Å². The molecule has 172 valence electrons. The minimum atomic E-state index is -4.61. The fraction of sp³-hybridized carbons (Fsp3) is 0.524. The minimum absolute atomic E-state index is 0.00884. The first kappa shape index (κ1) is 22.1. The summed E-state index contributed by atoms with van der Waals surface area (Å²) < 4.78 is 48.9. The van der Waals surface area contributed by atoms with Gasteiger partial charge in [-0.3, -0.25) is 14.6 Å². The van der Waals surface area contributed by atoms with Crippen LogP contribution in [0.4, 0.5) is 13.2 Å². The number of rotatable bonds is 6. The van der Waals surface area contributed by atoms with Crippen molar-refractivity contribution in [2.45, 2.75) is 58.7 Å². The van der Waals surface area contributed by atoms with Gasteiger partial charge in [-0.15, -0.1) is 0 Å². The van der Waals surface area contributed by atoms with Crippen LogP contribution in [0.1, 0.15) is 65.5 Å². The molecule has 0 radical (unpaired) electrons. The van der Waals surface area contributed by atoms with E-state index in [4.69, 9.17) is 4.74 Å². The number of nitrogens with zero attached hydrogens (tertiary/aromatic N) is 4. The van der Waals surface area contributed by atoms with E-state index in [1.165, 1.54) is 6.92 Å². The van der Waals surface area contributed by atoms with Crippen LogP contribution >= 0.6 is 0 Å². The van der Waals surface area contributed by atoms with Crippen molar-refractivity contribution >= 4 is 16.9 Å². The van der Waals surface area contributed by atoms with Crippen molar-refractivity contribution in [3.8, 4) is 5.88 Å². The molecule has 1 aliphatic rings. The van der Waals surface area contributed by atoms with Crippen molar-refractivity contribution in [3.05, 3.63) is 33.8 Å². The summed E-state index contributed by atoms with van der Waals surface area (Å²) in [5, 5.41) is 13.8. The van der Waals surface area contributed by atoms with Gasteiger partial charge in [-0.25, -0.2) is 0 Å². The van der Waals surface area contributed by atoms with Crippen molar-refractivity contribution in [1.29, 1.82) is 0 Å². The fourth-order valence-corrected chi connectivity index (χ4v) is 4.21. The lowest BCUT2D eigenvalue weighted by Gasteiger charge is -2.17. The lowest BCUT2D eigenvalue weighted by Crippen LogP contribution is -2.32. The highest BCUT2D eigenvalue weighted by molar-refractivity contribution is 5.85. The third kappa shape index (κ3) is 3.91. The van der Waals surface area contributed by atoms with E-state index in [9.17, 15) is 18.0 Å². The molecule has 1 fully saturated rings. The number of fused-ring (bicyclic) bond motifs is 1. The molecule has 1 atom stereocenters. The Morgan fingerprint density at radius 2 is 2.00 bits per heavy atom. The topological polar surface area (TPSA) is 97.7 Å². The molecule has 3 aromatic rings. The molecular weight excluding hydrogens is 425 g/mol. The lowest BCUT2D eigenvalue weighted by atomic mass is 10.0. The third-order valence-corrected chi connectivity index (χ3v) is 5.90. The second-order valence-corrected chi connectivity index (χ2v) is 8.31. The number of ether oxygens (including phenoxy) is 1. The van der Waals surface area contributed by atoms with Gasteiger partial charge in [0, 0.05) is 29.8 Å². The monoisotopic (exact) mass is 450 g/mol. The lowest BCUT2D eigenvalue weighted by molar-refractivity contribution is -0.136. The van der Waals surface area contributed by atoms with Gasteiger partial charge in [0.1, 0.15) is 0 Å². The Hall–Kier alpha value is -3.11. The highest BCUT2D eigenvalue weighted by Gasteiger charge is 2.40. The Kier molecular flexibility index (Phi) is 5.38. The average Bonchev–Trinajstić information content (AvgIpc) is 3.39. The molecule has 4 rings (SSSR count). The molecule has 8 nitrogen and oxygen atoms in total. The number of aromatic nitrogens is 5. The van der Waals surface area contributed by atoms with Crippen LogP contribution in [0.15, 0.2) is 0 Å². The van der Waals surface area contributed by atoms with Gasteiger partial charge in [-0.2, -0.15) is 28.4 Å². The van der Waals surface area contributed by atoms with Crippen LogP contribution in [-0.4, -0.2) is 37.5 Å². The van der Waals surface area contributed by atoms with Gasteiger partial charge in [0.15, 0.2) is 12.3 Å². The van der Waals surface area contributed by atoms with Gasteiger partial charge in [0.25, 0.3) is 5.91 Å². The SMILES string of the molecule is Cc1nn(C)c(C)c1C(C)NC(=O)COc1nc2[nH]nc(C3CC3)c2c(C(F)(F)F)c1C. The maximum atomic E-state index is 13.9. The number of pyridine rings is 1. The number of nitrogens with one attached hydrogen (secondary N) is 2. The summed E-state index contributed by atoms with van der Waals surface area (Å²) in [5.41, 5.74) is 2.03. The van der Waals surface area contributed by atoms with Crippen LogP contribution in [0.25, 0.3) is 11.0 Å². The summed E-state index contributed by atoms with van der Waals surface area (Å²) >= 11 is 0. The third-order valence-electron chi connectivity index (χ3n) is 5.90. The zero-order valence-electron chi connectivity index (χ0n) is 18.5. The molecular formula is C21H25F3N6O2. The Morgan fingerprint density at radius 1 is 1.31 bits per heavy atom. The van der Waals surface area contributed by atoms with E-state index in [-0.39, 0.29) is 34.4 Å². The Balaban J connectivity index is 1.55. The second-order valence-electron chi connectivity index (χ2n) is 8.31. The van der Waals surface area contributed by atoms with Crippen molar-refractivity contribution in [3.63, 3.8) is 0 Å². The standard InChI is InChI=1S/C21H25F3N6O2/c1-9-17(21(22,23)24)16-18(13-6-7-13)27-28-19(16)26-20(9)32-8-14(31)25-10(2)15-11(3)29-30(5)12(15)4/h10,13H,6-8H2,1-5H3,(H,25,31)(H,26,27,28). The molecule has 2 N–H and O–H groups in total. The largest absolute Gasteiger partial charge is 0.467 e. The molecule has 1 unspecified atom stereocenters. The fourth-order valence-electron chi connectivity index (χ4n) is 4.21. The number of H-pyrrole nitrogens is 1. The number of aryl methyl sites for hydroxylation is 2. The molecule has 0 aliphatic heterocycles. The first-order valence-electron chi connectivity index (χ1n) is 10.4. The molecule has 11 heteroatoms. The molecule has 0 spiro atoms. The van der Waals surface area contributed by atoms with E-state index < -0.39 is 24.3 Å². The van der Waals surface area contributed by atoms with Crippen molar-refractivity contribution in [2.24, 2.45) is 7.05 Å². The first-order chi connectivity index (χ1) is 15.0. The zero-order chi connectivity index (χ0) is 23.4. The molecule has 1 amide bonds. The highest BCUT2D eigenvalue weighted by Crippen LogP contribution is 2.47. The Bertz CT molecular complexity index is 1190. The van der Waals surface area contributed by atoms with Crippen LogP contribution in [0.3, 0.4) is 0 Å². The summed E-state index contributed by atoms with van der Waals surface area (Å²) in [6.45, 7) is 6.40. The van der Waals surface area contributed by atoms with Crippen LogP contribution in [0.2, 0.25) is 0 Å². The maximum Gasteiger partial charge on any atom is 0.417 e. The highest BCUT2D eigenvalue weighted by atomic mass is 19.4. The van der Waals surface area contributed by atoms with Gasteiger partial charge in [0.2, 0.25) is 5.88 Å². The van der Waals surface area contributed by atoms with E-state index in [0.717, 1.165) is 29.8 Å². The Morgan fingerprint density at radius 3 is 2.56 bits per heavy atom. The number of hydrogen-bond acceptors (Lipinski definition) is 5.